The minimum absolute atomic E-state index is 0.517. The molecule has 0 spiro atoms. The molecular formula is C20H13BF10S. The normalized spacial score (nSPS) is 12.2. The first-order valence-corrected chi connectivity index (χ1v) is 9.14. The Morgan fingerprint density at radius 1 is 0.562 bits per heavy atom. The molecule has 3 aromatic carbocycles. The first-order chi connectivity index (χ1) is 14.6. The maximum absolute atomic E-state index is 12.8. The van der Waals surface area contributed by atoms with Crippen molar-refractivity contribution in [1.29, 1.82) is 0 Å². The maximum Gasteiger partial charge on any atom is 0.673 e. The highest BCUT2D eigenvalue weighted by Crippen LogP contribution is 2.38. The second-order valence-electron chi connectivity index (χ2n) is 6.37. The molecule has 0 saturated carbocycles. The fourth-order valence-corrected chi connectivity index (χ4v) is 3.14. The van der Waals surface area contributed by atoms with Gasteiger partial charge in [0.2, 0.25) is 0 Å². The zero-order valence-corrected chi connectivity index (χ0v) is 16.7. The lowest BCUT2D eigenvalue weighted by Gasteiger charge is -2.13. The molecule has 172 valence electrons. The van der Waals surface area contributed by atoms with Gasteiger partial charge < -0.3 is 17.3 Å². The van der Waals surface area contributed by atoms with Crippen molar-refractivity contribution in [1.82, 2.24) is 0 Å². The van der Waals surface area contributed by atoms with E-state index in [0.717, 1.165) is 24.3 Å². The SMILES string of the molecule is FC(F)(F)c1ccc(-c2cccc([SH2+])c2-c2ccc(C(F)(F)F)cc2)cc1.F[B-](F)(F)F. The van der Waals surface area contributed by atoms with E-state index in [1.165, 1.54) is 24.3 Å². The molecule has 0 N–H and O–H groups in total. The van der Waals surface area contributed by atoms with Gasteiger partial charge in [-0.1, -0.05) is 36.4 Å². The summed E-state index contributed by atoms with van der Waals surface area (Å²) in [6, 6.07) is 14.4. The molecule has 0 heterocycles. The Kier molecular flexibility index (Phi) is 7.59. The summed E-state index contributed by atoms with van der Waals surface area (Å²) in [7, 11) is -6.00. The van der Waals surface area contributed by atoms with Crippen molar-refractivity contribution < 1.29 is 43.6 Å². The van der Waals surface area contributed by atoms with Crippen LogP contribution in [-0.4, -0.2) is 7.25 Å². The lowest BCUT2D eigenvalue weighted by atomic mass is 9.93. The van der Waals surface area contributed by atoms with Crippen LogP contribution in [0.1, 0.15) is 11.1 Å². The van der Waals surface area contributed by atoms with Gasteiger partial charge in [-0.15, -0.1) is 0 Å². The summed E-state index contributed by atoms with van der Waals surface area (Å²) in [5.41, 5.74) is 0.714. The molecule has 3 rings (SSSR count). The number of hydrogen-bond donors (Lipinski definition) is 0. The Morgan fingerprint density at radius 3 is 1.31 bits per heavy atom. The van der Waals surface area contributed by atoms with E-state index in [1.54, 1.807) is 18.2 Å². The molecular weight excluding hydrogens is 473 g/mol. The van der Waals surface area contributed by atoms with E-state index < -0.39 is 30.7 Å². The minimum atomic E-state index is -6.00. The molecule has 0 atom stereocenters. The number of alkyl halides is 6. The molecule has 0 aromatic heterocycles. The van der Waals surface area contributed by atoms with E-state index in [2.05, 4.69) is 12.6 Å². The van der Waals surface area contributed by atoms with Crippen LogP contribution in [0.3, 0.4) is 0 Å². The third-order valence-corrected chi connectivity index (χ3v) is 4.51. The number of rotatable bonds is 2. The van der Waals surface area contributed by atoms with E-state index in [-0.39, 0.29) is 0 Å². The van der Waals surface area contributed by atoms with Gasteiger partial charge in [0.1, 0.15) is 0 Å². The minimum Gasteiger partial charge on any atom is -0.418 e. The average molecular weight is 486 g/mol. The van der Waals surface area contributed by atoms with Crippen molar-refractivity contribution in [3.05, 3.63) is 77.9 Å². The van der Waals surface area contributed by atoms with Crippen molar-refractivity contribution in [3.8, 4) is 22.3 Å². The van der Waals surface area contributed by atoms with Crippen molar-refractivity contribution in [2.24, 2.45) is 0 Å². The summed E-state index contributed by atoms with van der Waals surface area (Å²) >= 11 is 3.44. The molecule has 32 heavy (non-hydrogen) atoms. The Morgan fingerprint density at radius 2 is 0.938 bits per heavy atom. The van der Waals surface area contributed by atoms with Crippen LogP contribution in [-0.2, 0) is 25.0 Å². The van der Waals surface area contributed by atoms with Gasteiger partial charge in [-0.25, -0.2) is 0 Å². The first-order valence-electron chi connectivity index (χ1n) is 8.64. The summed E-state index contributed by atoms with van der Waals surface area (Å²) in [5.74, 6) is 0. The topological polar surface area (TPSA) is 0 Å². The molecule has 0 amide bonds. The fraction of sp³-hybridized carbons (Fsp3) is 0.100. The summed E-state index contributed by atoms with van der Waals surface area (Å²) in [6.45, 7) is 0. The van der Waals surface area contributed by atoms with E-state index in [4.69, 9.17) is 0 Å². The van der Waals surface area contributed by atoms with Gasteiger partial charge in [-0.05, 0) is 59.7 Å². The van der Waals surface area contributed by atoms with Gasteiger partial charge in [0.15, 0.2) is 4.90 Å². The molecule has 0 unspecified atom stereocenters. The molecule has 12 heteroatoms. The van der Waals surface area contributed by atoms with Crippen LogP contribution < -0.4 is 0 Å². The van der Waals surface area contributed by atoms with E-state index in [9.17, 15) is 43.6 Å². The highest BCUT2D eigenvalue weighted by atomic mass is 32.1. The lowest BCUT2D eigenvalue weighted by Crippen LogP contribution is -2.04. The second-order valence-corrected chi connectivity index (χ2v) is 6.91. The monoisotopic (exact) mass is 486 g/mol. The van der Waals surface area contributed by atoms with Crippen LogP contribution in [0, 0.1) is 0 Å². The Labute approximate surface area is 181 Å². The van der Waals surface area contributed by atoms with Crippen LogP contribution in [0.4, 0.5) is 43.6 Å². The largest absolute Gasteiger partial charge is 0.673 e. The molecule has 0 bridgehead atoms. The van der Waals surface area contributed by atoms with Crippen molar-refractivity contribution >= 4 is 19.9 Å². The molecule has 3 aromatic rings. The highest BCUT2D eigenvalue weighted by Gasteiger charge is 2.31. The van der Waals surface area contributed by atoms with Gasteiger partial charge in [0.05, 0.1) is 11.1 Å². The van der Waals surface area contributed by atoms with Crippen molar-refractivity contribution in [2.75, 3.05) is 0 Å². The lowest BCUT2D eigenvalue weighted by molar-refractivity contribution is -0.138. The number of benzene rings is 3. The molecule has 0 saturated heterocycles. The summed E-state index contributed by atoms with van der Waals surface area (Å²) < 4.78 is 116. The van der Waals surface area contributed by atoms with Gasteiger partial charge in [0, 0.05) is 5.56 Å². The van der Waals surface area contributed by atoms with Crippen LogP contribution in [0.25, 0.3) is 22.3 Å². The van der Waals surface area contributed by atoms with Crippen molar-refractivity contribution in [3.63, 3.8) is 0 Å². The maximum atomic E-state index is 12.8. The van der Waals surface area contributed by atoms with Crippen LogP contribution in [0.5, 0.6) is 0 Å². The Balaban J connectivity index is 0.000000654. The third kappa shape index (κ3) is 7.21. The van der Waals surface area contributed by atoms with Gasteiger partial charge >= 0.3 is 19.6 Å². The van der Waals surface area contributed by atoms with Crippen LogP contribution in [0.15, 0.2) is 71.6 Å². The summed E-state index contributed by atoms with van der Waals surface area (Å²) in [5, 5.41) is 0. The second kappa shape index (κ2) is 9.47. The standard InChI is InChI=1S/C20H12F6S.BF4/c21-19(22,23)14-8-4-12(5-9-14)16-2-1-3-17(27)18(16)13-6-10-15(11-7-13)20(24,25)26;2-1(3,4)5/h1-11,27H;/q;-1/p+1. The third-order valence-electron chi connectivity index (χ3n) is 4.09. The van der Waals surface area contributed by atoms with E-state index >= 15 is 0 Å². The fourth-order valence-electron chi connectivity index (χ4n) is 2.77. The molecule has 0 radical (unpaired) electrons. The van der Waals surface area contributed by atoms with Crippen molar-refractivity contribution in [2.45, 2.75) is 17.2 Å². The van der Waals surface area contributed by atoms with Crippen LogP contribution in [0.2, 0.25) is 0 Å². The predicted octanol–water partition coefficient (Wildman–Crippen LogP) is 7.73. The Bertz CT molecular complexity index is 1030. The summed E-state index contributed by atoms with van der Waals surface area (Å²) in [6.07, 6.45) is -8.88. The number of hydrogen-bond acceptors (Lipinski definition) is 0. The summed E-state index contributed by atoms with van der Waals surface area (Å²) in [4.78, 5) is 0.618. The smallest absolute Gasteiger partial charge is 0.418 e. The van der Waals surface area contributed by atoms with E-state index in [0.29, 0.717) is 27.1 Å². The van der Waals surface area contributed by atoms with Gasteiger partial charge in [0.25, 0.3) is 0 Å². The van der Waals surface area contributed by atoms with Gasteiger partial charge in [-0.3, -0.25) is 0 Å². The molecule has 0 aliphatic carbocycles. The Hall–Kier alpha value is -2.63. The van der Waals surface area contributed by atoms with Crippen LogP contribution >= 0.6 is 0 Å². The quantitative estimate of drug-likeness (QED) is 0.198. The zero-order valence-electron chi connectivity index (χ0n) is 15.7. The van der Waals surface area contributed by atoms with E-state index in [1.807, 2.05) is 0 Å². The molecule has 0 aliphatic heterocycles. The average Bonchev–Trinajstić information content (AvgIpc) is 2.65. The molecule has 0 nitrogen and oxygen atoms in total. The zero-order chi connectivity index (χ0) is 24.3. The predicted molar refractivity (Wildman–Crippen MR) is 106 cm³/mol. The first kappa shape index (κ1) is 25.6. The van der Waals surface area contributed by atoms with Gasteiger partial charge in [-0.2, -0.15) is 26.3 Å². The molecule has 0 fully saturated rings. The molecule has 0 aliphatic rings. The number of halogens is 10. The highest BCUT2D eigenvalue weighted by molar-refractivity contribution is 7.59.